The minimum absolute atomic E-state index is 0. The van der Waals surface area contributed by atoms with E-state index in [1.165, 1.54) is 38.5 Å². The van der Waals surface area contributed by atoms with Gasteiger partial charge in [0.15, 0.2) is 6.10 Å². The van der Waals surface area contributed by atoms with E-state index >= 15 is 0 Å². The summed E-state index contributed by atoms with van der Waals surface area (Å²) in [5, 5.41) is 6.51. The second-order valence-electron chi connectivity index (χ2n) is 7.46. The third-order valence-corrected chi connectivity index (χ3v) is 5.37. The van der Waals surface area contributed by atoms with Crippen molar-refractivity contribution in [3.05, 3.63) is 24.3 Å². The molecule has 1 heterocycles. The molecule has 2 aliphatic rings. The number of para-hydroxylation sites is 2. The predicted molar refractivity (Wildman–Crippen MR) is 113 cm³/mol. The molecule has 1 aromatic rings. The average molecular weight is 410 g/mol. The van der Waals surface area contributed by atoms with E-state index in [0.717, 1.165) is 12.2 Å². The van der Waals surface area contributed by atoms with Crippen LogP contribution in [0.2, 0.25) is 0 Å². The molecule has 1 aliphatic carbocycles. The SMILES string of the molecule is CC1Oc2ccccc2N(CCC(=O)NCCNC2CCCCCC2)C1=O.Cl. The van der Waals surface area contributed by atoms with Gasteiger partial charge in [-0.15, -0.1) is 12.4 Å². The van der Waals surface area contributed by atoms with Gasteiger partial charge in [-0.25, -0.2) is 0 Å². The summed E-state index contributed by atoms with van der Waals surface area (Å²) < 4.78 is 5.63. The van der Waals surface area contributed by atoms with Crippen LogP contribution >= 0.6 is 12.4 Å². The Balaban J connectivity index is 0.00000280. The van der Waals surface area contributed by atoms with E-state index < -0.39 is 6.10 Å². The number of carbonyl (C=O) groups is 2. The highest BCUT2D eigenvalue weighted by molar-refractivity contribution is 6.00. The third kappa shape index (κ3) is 6.11. The lowest BCUT2D eigenvalue weighted by atomic mass is 10.1. The first-order valence-corrected chi connectivity index (χ1v) is 10.2. The zero-order valence-electron chi connectivity index (χ0n) is 16.6. The van der Waals surface area contributed by atoms with E-state index in [1.807, 2.05) is 24.3 Å². The summed E-state index contributed by atoms with van der Waals surface area (Å²) in [5.74, 6) is 0.566. The molecular formula is C21H32ClN3O3. The Morgan fingerprint density at radius 1 is 1.14 bits per heavy atom. The molecule has 1 atom stereocenters. The van der Waals surface area contributed by atoms with Crippen LogP contribution in [-0.2, 0) is 9.59 Å². The summed E-state index contributed by atoms with van der Waals surface area (Å²) in [4.78, 5) is 26.3. The molecular weight excluding hydrogens is 378 g/mol. The number of fused-ring (bicyclic) bond motifs is 1. The molecule has 1 fully saturated rings. The molecule has 0 bridgehead atoms. The second-order valence-corrected chi connectivity index (χ2v) is 7.46. The van der Waals surface area contributed by atoms with Crippen molar-refractivity contribution < 1.29 is 14.3 Å². The molecule has 0 spiro atoms. The Labute approximate surface area is 173 Å². The monoisotopic (exact) mass is 409 g/mol. The molecule has 156 valence electrons. The van der Waals surface area contributed by atoms with Gasteiger partial charge >= 0.3 is 0 Å². The number of benzene rings is 1. The number of hydrogen-bond donors (Lipinski definition) is 2. The fourth-order valence-corrected chi connectivity index (χ4v) is 3.85. The van der Waals surface area contributed by atoms with Gasteiger partial charge in [0.25, 0.3) is 5.91 Å². The standard InChI is InChI=1S/C21H31N3O3.ClH/c1-16-21(26)24(18-10-6-7-11-19(18)27-16)15-12-20(25)23-14-13-22-17-8-4-2-3-5-9-17;/h6-7,10-11,16-17,22H,2-5,8-9,12-15H2,1H3,(H,23,25);1H. The van der Waals surface area contributed by atoms with Crippen molar-refractivity contribution in [1.29, 1.82) is 0 Å². The van der Waals surface area contributed by atoms with Crippen LogP contribution in [0.15, 0.2) is 24.3 Å². The first kappa shape index (κ1) is 22.5. The molecule has 28 heavy (non-hydrogen) atoms. The van der Waals surface area contributed by atoms with Crippen molar-refractivity contribution in [2.45, 2.75) is 64.0 Å². The summed E-state index contributed by atoms with van der Waals surface area (Å²) in [6.45, 7) is 3.53. The predicted octanol–water partition coefficient (Wildman–Crippen LogP) is 3.04. The molecule has 7 heteroatoms. The topological polar surface area (TPSA) is 70.7 Å². The number of halogens is 1. The van der Waals surface area contributed by atoms with Gasteiger partial charge in [0.1, 0.15) is 5.75 Å². The molecule has 0 radical (unpaired) electrons. The van der Waals surface area contributed by atoms with Crippen molar-refractivity contribution in [3.8, 4) is 5.75 Å². The zero-order chi connectivity index (χ0) is 19.1. The van der Waals surface area contributed by atoms with Gasteiger partial charge in [0.2, 0.25) is 5.91 Å². The summed E-state index contributed by atoms with van der Waals surface area (Å²) in [6.07, 6.45) is 7.54. The van der Waals surface area contributed by atoms with Gasteiger partial charge in [-0.2, -0.15) is 0 Å². The van der Waals surface area contributed by atoms with Crippen LogP contribution < -0.4 is 20.3 Å². The zero-order valence-corrected chi connectivity index (χ0v) is 17.4. The lowest BCUT2D eigenvalue weighted by Crippen LogP contribution is -2.46. The molecule has 2 amide bonds. The lowest BCUT2D eigenvalue weighted by molar-refractivity contribution is -0.125. The van der Waals surface area contributed by atoms with Crippen LogP contribution in [0.1, 0.15) is 51.9 Å². The Kier molecular flexibility index (Phi) is 9.06. The van der Waals surface area contributed by atoms with Crippen LogP contribution in [-0.4, -0.2) is 43.6 Å². The maximum absolute atomic E-state index is 12.4. The largest absolute Gasteiger partial charge is 0.479 e. The Hall–Kier alpha value is -1.79. The fraction of sp³-hybridized carbons (Fsp3) is 0.619. The lowest BCUT2D eigenvalue weighted by Gasteiger charge is -2.32. The van der Waals surface area contributed by atoms with Crippen molar-refractivity contribution in [3.63, 3.8) is 0 Å². The van der Waals surface area contributed by atoms with Gasteiger partial charge in [0, 0.05) is 32.1 Å². The average Bonchev–Trinajstić information content (AvgIpc) is 2.94. The van der Waals surface area contributed by atoms with E-state index in [4.69, 9.17) is 4.74 Å². The van der Waals surface area contributed by atoms with E-state index in [1.54, 1.807) is 11.8 Å². The first-order valence-electron chi connectivity index (χ1n) is 10.2. The highest BCUT2D eigenvalue weighted by Crippen LogP contribution is 2.33. The third-order valence-electron chi connectivity index (χ3n) is 5.37. The number of nitrogens with zero attached hydrogens (tertiary/aromatic N) is 1. The highest BCUT2D eigenvalue weighted by atomic mass is 35.5. The van der Waals surface area contributed by atoms with Gasteiger partial charge in [-0.05, 0) is 31.9 Å². The number of amides is 2. The molecule has 1 unspecified atom stereocenters. The second kappa shape index (κ2) is 11.3. The minimum atomic E-state index is -0.522. The maximum atomic E-state index is 12.4. The number of rotatable bonds is 7. The molecule has 0 aromatic heterocycles. The Bertz CT molecular complexity index is 648. The van der Waals surface area contributed by atoms with Gasteiger partial charge in [0.05, 0.1) is 5.69 Å². The van der Waals surface area contributed by atoms with Crippen LogP contribution in [0.4, 0.5) is 5.69 Å². The summed E-state index contributed by atoms with van der Waals surface area (Å²) in [7, 11) is 0. The maximum Gasteiger partial charge on any atom is 0.267 e. The molecule has 0 saturated heterocycles. The Morgan fingerprint density at radius 2 is 1.86 bits per heavy atom. The number of carbonyl (C=O) groups excluding carboxylic acids is 2. The van der Waals surface area contributed by atoms with E-state index in [-0.39, 0.29) is 30.6 Å². The van der Waals surface area contributed by atoms with E-state index in [0.29, 0.717) is 24.9 Å². The normalized spacial score (nSPS) is 19.8. The van der Waals surface area contributed by atoms with Crippen molar-refractivity contribution in [1.82, 2.24) is 10.6 Å². The van der Waals surface area contributed by atoms with Crippen molar-refractivity contribution in [2.24, 2.45) is 0 Å². The van der Waals surface area contributed by atoms with E-state index in [9.17, 15) is 9.59 Å². The molecule has 3 rings (SSSR count). The number of ether oxygens (including phenoxy) is 1. The van der Waals surface area contributed by atoms with Crippen LogP contribution in [0.25, 0.3) is 0 Å². The van der Waals surface area contributed by atoms with Gasteiger partial charge < -0.3 is 20.3 Å². The Morgan fingerprint density at radius 3 is 2.61 bits per heavy atom. The molecule has 6 nitrogen and oxygen atoms in total. The van der Waals surface area contributed by atoms with Crippen molar-refractivity contribution in [2.75, 3.05) is 24.5 Å². The highest BCUT2D eigenvalue weighted by Gasteiger charge is 2.31. The van der Waals surface area contributed by atoms with Crippen molar-refractivity contribution >= 4 is 29.9 Å². The molecule has 1 aliphatic heterocycles. The summed E-state index contributed by atoms with van der Waals surface area (Å²) in [5.41, 5.74) is 0.739. The number of nitrogens with one attached hydrogen (secondary N) is 2. The van der Waals surface area contributed by atoms with Gasteiger partial charge in [-0.1, -0.05) is 37.8 Å². The fourth-order valence-electron chi connectivity index (χ4n) is 3.85. The number of anilines is 1. The minimum Gasteiger partial charge on any atom is -0.479 e. The smallest absolute Gasteiger partial charge is 0.267 e. The molecule has 2 N–H and O–H groups in total. The quantitative estimate of drug-likeness (QED) is 0.536. The van der Waals surface area contributed by atoms with Gasteiger partial charge in [-0.3, -0.25) is 9.59 Å². The molecule has 1 saturated carbocycles. The van der Waals surface area contributed by atoms with E-state index in [2.05, 4.69) is 10.6 Å². The van der Waals surface area contributed by atoms with Crippen LogP contribution in [0.3, 0.4) is 0 Å². The summed E-state index contributed by atoms with van der Waals surface area (Å²) in [6, 6.07) is 8.05. The summed E-state index contributed by atoms with van der Waals surface area (Å²) >= 11 is 0. The van der Waals surface area contributed by atoms with Crippen LogP contribution in [0.5, 0.6) is 5.75 Å². The number of hydrogen-bond acceptors (Lipinski definition) is 4. The molecule has 1 aromatic carbocycles. The first-order chi connectivity index (χ1) is 13.1. The van der Waals surface area contributed by atoms with Crippen LogP contribution in [0, 0.1) is 0 Å².